The average molecular weight is 672 g/mol. The molecular formula is C45H53NO4. The monoisotopic (exact) mass is 671 g/mol. The number of fused-ring (bicyclic) bond motifs is 4. The van der Waals surface area contributed by atoms with Crippen LogP contribution in [-0.4, -0.2) is 18.5 Å². The summed E-state index contributed by atoms with van der Waals surface area (Å²) < 4.78 is 13.5. The fraction of sp³-hybridized carbons (Fsp3) is 0.600. The predicted octanol–water partition coefficient (Wildman–Crippen LogP) is 8.89. The molecule has 0 aromatic heterocycles. The van der Waals surface area contributed by atoms with Crippen LogP contribution in [0.4, 0.5) is 0 Å². The Labute approximate surface area is 298 Å². The molecule has 262 valence electrons. The first-order chi connectivity index (χ1) is 24.5. The van der Waals surface area contributed by atoms with Crippen molar-refractivity contribution >= 4 is 11.9 Å². The molecule has 8 aliphatic rings. The summed E-state index contributed by atoms with van der Waals surface area (Å²) in [5.41, 5.74) is 6.01. The largest absolute Gasteiger partial charge is 0.449 e. The van der Waals surface area contributed by atoms with E-state index in [2.05, 4.69) is 72.6 Å². The topological polar surface area (TPSA) is 78.6 Å². The molecule has 0 radical (unpaired) electrons. The lowest BCUT2D eigenvalue weighted by Crippen LogP contribution is -2.75. The third-order valence-electron chi connectivity index (χ3n) is 14.6. The number of allylic oxidation sites excluding steroid dienone is 6. The van der Waals surface area contributed by atoms with Crippen LogP contribution in [0.15, 0.2) is 66.5 Å². The number of benzene rings is 1. The highest BCUT2D eigenvalue weighted by Gasteiger charge is 2.91. The molecule has 6 aliphatic carbocycles. The highest BCUT2D eigenvalue weighted by Crippen LogP contribution is 2.84. The molecule has 50 heavy (non-hydrogen) atoms. The summed E-state index contributed by atoms with van der Waals surface area (Å²) in [7, 11) is 0. The molecule has 1 saturated heterocycles. The lowest BCUT2D eigenvalue weighted by molar-refractivity contribution is -0.273. The molecule has 0 unspecified atom stereocenters. The Balaban J connectivity index is 1.14. The van der Waals surface area contributed by atoms with Crippen LogP contribution in [0, 0.1) is 64.1 Å². The number of hydrogen-bond acceptors (Lipinski definition) is 5. The SMILES string of the molecule is NCCCc1cccc2c1C(=O)O[C@@]21[C@@H](CCC2CCCCC2)[C@@]23C=C[C@@H]4C#CC[C@H](C[C@@H]5CCC[C@@H]6C=CC=C[C@@H]56)C/C=C(/OC2=O)[C@@]13C4. The molecule has 2 aliphatic heterocycles. The van der Waals surface area contributed by atoms with Gasteiger partial charge in [0.2, 0.25) is 0 Å². The third-order valence-corrected chi connectivity index (χ3v) is 14.6. The summed E-state index contributed by atoms with van der Waals surface area (Å²) >= 11 is 0. The van der Waals surface area contributed by atoms with Gasteiger partial charge in [-0.3, -0.25) is 4.79 Å². The number of aryl methyl sites for hydroxylation is 1. The molecule has 5 nitrogen and oxygen atoms in total. The second-order valence-corrected chi connectivity index (χ2v) is 17.0. The molecule has 9 rings (SSSR count). The normalized spacial score (nSPS) is 40.4. The van der Waals surface area contributed by atoms with Crippen molar-refractivity contribution in [3.8, 4) is 11.8 Å². The number of esters is 2. The van der Waals surface area contributed by atoms with Crippen molar-refractivity contribution in [1.82, 2.24) is 0 Å². The number of carbonyl (C=O) groups excluding carboxylic acids is 2. The molecule has 2 N–H and O–H groups in total. The number of hydrogen-bond donors (Lipinski definition) is 1. The maximum atomic E-state index is 14.6. The zero-order valence-electron chi connectivity index (χ0n) is 29.5. The van der Waals surface area contributed by atoms with Gasteiger partial charge in [0.15, 0.2) is 5.60 Å². The van der Waals surface area contributed by atoms with E-state index in [4.69, 9.17) is 15.2 Å². The Bertz CT molecular complexity index is 1730. The second-order valence-electron chi connectivity index (χ2n) is 17.0. The molecule has 0 amide bonds. The van der Waals surface area contributed by atoms with Gasteiger partial charge in [-0.15, -0.1) is 5.92 Å². The lowest BCUT2D eigenvalue weighted by Gasteiger charge is -2.69. The van der Waals surface area contributed by atoms with E-state index in [1.165, 1.54) is 51.4 Å². The highest BCUT2D eigenvalue weighted by atomic mass is 16.6. The minimum absolute atomic E-state index is 0.0374. The van der Waals surface area contributed by atoms with E-state index in [-0.39, 0.29) is 23.8 Å². The van der Waals surface area contributed by atoms with Gasteiger partial charge < -0.3 is 15.2 Å². The first kappa shape index (κ1) is 32.5. The second kappa shape index (κ2) is 12.7. The van der Waals surface area contributed by atoms with Crippen LogP contribution in [0.5, 0.6) is 0 Å². The van der Waals surface area contributed by atoms with Crippen molar-refractivity contribution in [2.75, 3.05) is 6.54 Å². The van der Waals surface area contributed by atoms with E-state index in [9.17, 15) is 9.59 Å². The first-order valence-electron chi connectivity index (χ1n) is 20.0. The van der Waals surface area contributed by atoms with Crippen molar-refractivity contribution in [2.45, 2.75) is 108 Å². The Kier molecular flexibility index (Phi) is 8.26. The Hall–Kier alpha value is -3.36. The van der Waals surface area contributed by atoms with Crippen LogP contribution < -0.4 is 5.73 Å². The van der Waals surface area contributed by atoms with E-state index >= 15 is 0 Å². The van der Waals surface area contributed by atoms with Gasteiger partial charge in [-0.2, -0.15) is 0 Å². The summed E-state index contributed by atoms with van der Waals surface area (Å²) in [6.07, 6.45) is 33.0. The molecule has 4 fully saturated rings. The number of carbonyl (C=O) groups is 2. The summed E-state index contributed by atoms with van der Waals surface area (Å²) in [5, 5.41) is 0. The third kappa shape index (κ3) is 4.62. The van der Waals surface area contributed by atoms with E-state index < -0.39 is 16.4 Å². The number of nitrogens with two attached hydrogens (primary N) is 1. The van der Waals surface area contributed by atoms with E-state index in [0.717, 1.165) is 61.8 Å². The standard InChI is InChI=1S/C45H53NO4/c46-27-9-18-34-16-8-20-37-40(34)41(47)50-45(37)38(23-21-30-10-2-1-3-11-30)43-26-25-32-13-6-12-31(22-24-39(49-42(43)48)44(43,45)29-32)28-35-17-7-15-33-14-4-5-19-36(33)35/h4-5,8,14,16,19-20,24-26,30-33,35-36,38H,1-3,7,9-12,15,17-18,21-23,27-29,46H2/b39-24+/t31-,32-,33-,35-,36+,38-,43-,44+,45+/m0/s1. The molecule has 1 aromatic rings. The predicted molar refractivity (Wildman–Crippen MR) is 194 cm³/mol. The Morgan fingerprint density at radius 2 is 1.82 bits per heavy atom. The fourth-order valence-electron chi connectivity index (χ4n) is 12.5. The first-order valence-corrected chi connectivity index (χ1v) is 20.0. The smallest absolute Gasteiger partial charge is 0.339 e. The van der Waals surface area contributed by atoms with Gasteiger partial charge in [0.25, 0.3) is 0 Å². The molecule has 2 heterocycles. The van der Waals surface area contributed by atoms with Crippen LogP contribution >= 0.6 is 0 Å². The van der Waals surface area contributed by atoms with Gasteiger partial charge in [-0.25, -0.2) is 4.79 Å². The van der Waals surface area contributed by atoms with Gasteiger partial charge in [-0.1, -0.05) is 99.1 Å². The van der Waals surface area contributed by atoms with Gasteiger partial charge in [0.05, 0.1) is 11.0 Å². The molecular weight excluding hydrogens is 618 g/mol. The molecule has 2 bridgehead atoms. The maximum Gasteiger partial charge on any atom is 0.339 e. The van der Waals surface area contributed by atoms with Gasteiger partial charge in [0.1, 0.15) is 11.2 Å². The minimum atomic E-state index is -0.958. The van der Waals surface area contributed by atoms with E-state index in [0.29, 0.717) is 48.1 Å². The average Bonchev–Trinajstić information content (AvgIpc) is 3.59. The van der Waals surface area contributed by atoms with Crippen LogP contribution in [0.25, 0.3) is 0 Å². The Morgan fingerprint density at radius 1 is 0.940 bits per heavy atom. The fourth-order valence-corrected chi connectivity index (χ4v) is 12.5. The molecule has 3 saturated carbocycles. The summed E-state index contributed by atoms with van der Waals surface area (Å²) in [6.45, 7) is 0.567. The van der Waals surface area contributed by atoms with Crippen molar-refractivity contribution in [3.05, 3.63) is 83.2 Å². The van der Waals surface area contributed by atoms with Crippen LogP contribution in [0.2, 0.25) is 0 Å². The molecule has 2 spiro atoms. The Morgan fingerprint density at radius 3 is 2.70 bits per heavy atom. The van der Waals surface area contributed by atoms with Gasteiger partial charge >= 0.3 is 11.9 Å². The van der Waals surface area contributed by atoms with Crippen LogP contribution in [-0.2, 0) is 26.3 Å². The van der Waals surface area contributed by atoms with Crippen molar-refractivity contribution in [3.63, 3.8) is 0 Å². The molecule has 1 aromatic carbocycles. The zero-order valence-corrected chi connectivity index (χ0v) is 29.5. The van der Waals surface area contributed by atoms with E-state index in [1.807, 2.05) is 0 Å². The number of ether oxygens (including phenoxy) is 2. The minimum Gasteiger partial charge on any atom is -0.449 e. The summed E-state index contributed by atoms with van der Waals surface area (Å²) in [5.74, 6) is 10.4. The van der Waals surface area contributed by atoms with Crippen LogP contribution in [0.1, 0.15) is 118 Å². The van der Waals surface area contributed by atoms with E-state index in [1.54, 1.807) is 0 Å². The summed E-state index contributed by atoms with van der Waals surface area (Å²) in [4.78, 5) is 28.9. The van der Waals surface area contributed by atoms with Crippen molar-refractivity contribution in [1.29, 1.82) is 0 Å². The quantitative estimate of drug-likeness (QED) is 0.170. The zero-order chi connectivity index (χ0) is 33.9. The van der Waals surface area contributed by atoms with Crippen LogP contribution in [0.3, 0.4) is 0 Å². The van der Waals surface area contributed by atoms with Crippen molar-refractivity contribution < 1.29 is 19.1 Å². The number of rotatable bonds is 8. The lowest BCUT2D eigenvalue weighted by atomic mass is 9.31. The summed E-state index contributed by atoms with van der Waals surface area (Å²) in [6, 6.07) is 6.28. The maximum absolute atomic E-state index is 14.6. The highest BCUT2D eigenvalue weighted by molar-refractivity contribution is 5.99. The van der Waals surface area contributed by atoms with Crippen molar-refractivity contribution in [2.24, 2.45) is 58.0 Å². The van der Waals surface area contributed by atoms with Gasteiger partial charge in [0, 0.05) is 23.8 Å². The van der Waals surface area contributed by atoms with Gasteiger partial charge in [-0.05, 0) is 106 Å². The molecule has 9 atom stereocenters. The molecule has 5 heteroatoms.